The van der Waals surface area contributed by atoms with E-state index in [1.807, 2.05) is 36.4 Å². The predicted molar refractivity (Wildman–Crippen MR) is 103 cm³/mol. The van der Waals surface area contributed by atoms with Crippen LogP contribution in [-0.4, -0.2) is 40.9 Å². The Morgan fingerprint density at radius 3 is 2.67 bits per heavy atom. The zero-order chi connectivity index (χ0) is 18.9. The topological polar surface area (TPSA) is 94.1 Å². The molecule has 27 heavy (non-hydrogen) atoms. The molecule has 2 aromatic heterocycles. The Kier molecular flexibility index (Phi) is 6.35. The fraction of sp³-hybridized carbons (Fsp3) is 0.263. The summed E-state index contributed by atoms with van der Waals surface area (Å²) >= 11 is 0. The number of benzene rings is 1. The lowest BCUT2D eigenvalue weighted by atomic mass is 10.1. The molecule has 8 nitrogen and oxygen atoms in total. The summed E-state index contributed by atoms with van der Waals surface area (Å²) in [7, 11) is 3.26. The molecule has 0 amide bonds. The molecule has 0 atom stereocenters. The largest absolute Gasteiger partial charge is 0.493 e. The van der Waals surface area contributed by atoms with Gasteiger partial charge in [0, 0.05) is 12.7 Å². The molecule has 3 aromatic rings. The Bertz CT molecular complexity index is 860. The van der Waals surface area contributed by atoms with Crippen molar-refractivity contribution in [3.63, 3.8) is 0 Å². The molecule has 0 saturated carbocycles. The summed E-state index contributed by atoms with van der Waals surface area (Å²) < 4.78 is 10.6. The van der Waals surface area contributed by atoms with Gasteiger partial charge in [0.2, 0.25) is 5.95 Å². The van der Waals surface area contributed by atoms with Crippen molar-refractivity contribution in [3.8, 4) is 11.5 Å². The van der Waals surface area contributed by atoms with Gasteiger partial charge in [0.1, 0.15) is 0 Å². The first-order valence-electron chi connectivity index (χ1n) is 8.57. The minimum Gasteiger partial charge on any atom is -0.493 e. The van der Waals surface area contributed by atoms with Gasteiger partial charge >= 0.3 is 0 Å². The fourth-order valence-electron chi connectivity index (χ4n) is 2.51. The average molecular weight is 366 g/mol. The first-order chi connectivity index (χ1) is 13.3. The SMILES string of the molecule is COc1ccc(CCNc2cnnc(NCc3ccccn3)n2)cc1OC. The van der Waals surface area contributed by atoms with E-state index in [9.17, 15) is 0 Å². The first-order valence-corrected chi connectivity index (χ1v) is 8.57. The van der Waals surface area contributed by atoms with Crippen LogP contribution < -0.4 is 20.1 Å². The van der Waals surface area contributed by atoms with Crippen molar-refractivity contribution in [2.75, 3.05) is 31.4 Å². The van der Waals surface area contributed by atoms with Gasteiger partial charge in [0.25, 0.3) is 0 Å². The van der Waals surface area contributed by atoms with Crippen LogP contribution in [0, 0.1) is 0 Å². The third-order valence-corrected chi connectivity index (χ3v) is 3.88. The van der Waals surface area contributed by atoms with E-state index in [-0.39, 0.29) is 0 Å². The lowest BCUT2D eigenvalue weighted by Gasteiger charge is -2.10. The number of anilines is 2. The third kappa shape index (κ3) is 5.27. The molecule has 8 heteroatoms. The summed E-state index contributed by atoms with van der Waals surface area (Å²) in [5, 5.41) is 14.3. The molecule has 140 valence electrons. The molecule has 2 heterocycles. The number of hydrogen-bond acceptors (Lipinski definition) is 8. The van der Waals surface area contributed by atoms with Gasteiger partial charge in [-0.1, -0.05) is 12.1 Å². The summed E-state index contributed by atoms with van der Waals surface area (Å²) in [6, 6.07) is 11.6. The van der Waals surface area contributed by atoms with Crippen molar-refractivity contribution in [1.29, 1.82) is 0 Å². The molecule has 0 aliphatic rings. The lowest BCUT2D eigenvalue weighted by molar-refractivity contribution is 0.354. The zero-order valence-corrected chi connectivity index (χ0v) is 15.3. The van der Waals surface area contributed by atoms with Gasteiger partial charge in [-0.3, -0.25) is 4.98 Å². The number of ether oxygens (including phenoxy) is 2. The summed E-state index contributed by atoms with van der Waals surface area (Å²) in [5.41, 5.74) is 2.04. The second-order valence-electron chi connectivity index (χ2n) is 5.71. The van der Waals surface area contributed by atoms with Gasteiger partial charge in [-0.2, -0.15) is 10.1 Å². The van der Waals surface area contributed by atoms with E-state index in [2.05, 4.69) is 30.8 Å². The molecule has 0 spiro atoms. The van der Waals surface area contributed by atoms with Crippen molar-refractivity contribution in [2.45, 2.75) is 13.0 Å². The van der Waals surface area contributed by atoms with Crippen LogP contribution in [0.4, 0.5) is 11.8 Å². The van der Waals surface area contributed by atoms with E-state index in [0.717, 1.165) is 29.2 Å². The van der Waals surface area contributed by atoms with Gasteiger partial charge in [-0.05, 0) is 36.2 Å². The third-order valence-electron chi connectivity index (χ3n) is 3.88. The Balaban J connectivity index is 1.52. The van der Waals surface area contributed by atoms with Crippen LogP contribution in [-0.2, 0) is 13.0 Å². The number of hydrogen-bond donors (Lipinski definition) is 2. The van der Waals surface area contributed by atoms with E-state index in [1.54, 1.807) is 26.6 Å². The maximum Gasteiger partial charge on any atom is 0.245 e. The molecule has 0 unspecified atom stereocenters. The first kappa shape index (κ1) is 18.4. The van der Waals surface area contributed by atoms with E-state index >= 15 is 0 Å². The summed E-state index contributed by atoms with van der Waals surface area (Å²) in [4.78, 5) is 8.66. The molecule has 0 bridgehead atoms. The van der Waals surface area contributed by atoms with Crippen molar-refractivity contribution in [1.82, 2.24) is 20.2 Å². The van der Waals surface area contributed by atoms with Gasteiger partial charge in [-0.25, -0.2) is 0 Å². The number of pyridine rings is 1. The fourth-order valence-corrected chi connectivity index (χ4v) is 2.51. The van der Waals surface area contributed by atoms with Crippen LogP contribution in [0.1, 0.15) is 11.3 Å². The quantitative estimate of drug-likeness (QED) is 0.597. The molecular formula is C19H22N6O2. The predicted octanol–water partition coefficient (Wildman–Crippen LogP) is 2.55. The molecular weight excluding hydrogens is 344 g/mol. The van der Waals surface area contributed by atoms with E-state index in [4.69, 9.17) is 9.47 Å². The van der Waals surface area contributed by atoms with Crippen LogP contribution in [0.15, 0.2) is 48.8 Å². The van der Waals surface area contributed by atoms with Gasteiger partial charge in [0.15, 0.2) is 17.3 Å². The van der Waals surface area contributed by atoms with Crippen molar-refractivity contribution < 1.29 is 9.47 Å². The molecule has 1 aromatic carbocycles. The van der Waals surface area contributed by atoms with E-state index in [1.165, 1.54) is 0 Å². The summed E-state index contributed by atoms with van der Waals surface area (Å²) in [6.45, 7) is 1.24. The average Bonchev–Trinajstić information content (AvgIpc) is 2.73. The molecule has 0 aliphatic carbocycles. The van der Waals surface area contributed by atoms with Crippen LogP contribution in [0.3, 0.4) is 0 Å². The number of nitrogens with zero attached hydrogens (tertiary/aromatic N) is 4. The monoisotopic (exact) mass is 366 g/mol. The lowest BCUT2D eigenvalue weighted by Crippen LogP contribution is -2.10. The van der Waals surface area contributed by atoms with Crippen molar-refractivity contribution in [3.05, 3.63) is 60.0 Å². The van der Waals surface area contributed by atoms with Gasteiger partial charge in [0.05, 0.1) is 32.7 Å². The zero-order valence-electron chi connectivity index (χ0n) is 15.3. The second-order valence-corrected chi connectivity index (χ2v) is 5.71. The summed E-state index contributed by atoms with van der Waals surface area (Å²) in [5.74, 6) is 2.56. The van der Waals surface area contributed by atoms with E-state index in [0.29, 0.717) is 24.9 Å². The maximum atomic E-state index is 5.33. The minimum atomic E-state index is 0.455. The summed E-state index contributed by atoms with van der Waals surface area (Å²) in [6.07, 6.45) is 4.16. The Hall–Kier alpha value is -3.42. The van der Waals surface area contributed by atoms with Crippen LogP contribution in [0.25, 0.3) is 0 Å². The number of rotatable bonds is 9. The van der Waals surface area contributed by atoms with Gasteiger partial charge in [-0.15, -0.1) is 5.10 Å². The second kappa shape index (κ2) is 9.33. The molecule has 0 fully saturated rings. The number of aromatic nitrogens is 4. The Morgan fingerprint density at radius 1 is 1.00 bits per heavy atom. The normalized spacial score (nSPS) is 10.3. The van der Waals surface area contributed by atoms with Crippen LogP contribution >= 0.6 is 0 Å². The molecule has 0 radical (unpaired) electrons. The van der Waals surface area contributed by atoms with Crippen LogP contribution in [0.2, 0.25) is 0 Å². The molecule has 0 saturated heterocycles. The highest BCUT2D eigenvalue weighted by atomic mass is 16.5. The van der Waals surface area contributed by atoms with E-state index < -0.39 is 0 Å². The molecule has 3 rings (SSSR count). The highest BCUT2D eigenvalue weighted by molar-refractivity contribution is 5.43. The maximum absolute atomic E-state index is 5.33. The van der Waals surface area contributed by atoms with Crippen molar-refractivity contribution in [2.24, 2.45) is 0 Å². The smallest absolute Gasteiger partial charge is 0.245 e. The van der Waals surface area contributed by atoms with Gasteiger partial charge < -0.3 is 20.1 Å². The van der Waals surface area contributed by atoms with Crippen LogP contribution in [0.5, 0.6) is 11.5 Å². The minimum absolute atomic E-state index is 0.455. The Labute approximate surface area is 158 Å². The highest BCUT2D eigenvalue weighted by Crippen LogP contribution is 2.27. The highest BCUT2D eigenvalue weighted by Gasteiger charge is 2.05. The number of nitrogens with one attached hydrogen (secondary N) is 2. The molecule has 2 N–H and O–H groups in total. The number of methoxy groups -OCH3 is 2. The standard InChI is InChI=1S/C19H22N6O2/c1-26-16-7-6-14(11-17(16)27-2)8-10-21-18-13-23-25-19(24-18)22-12-15-5-3-4-9-20-15/h3-7,9,11,13H,8,10,12H2,1-2H3,(H2,21,22,24,25). The molecule has 0 aliphatic heterocycles. The van der Waals surface area contributed by atoms with Crippen molar-refractivity contribution >= 4 is 11.8 Å². The Morgan fingerprint density at radius 2 is 1.89 bits per heavy atom.